The van der Waals surface area contributed by atoms with E-state index in [-0.39, 0.29) is 12.6 Å². The topological polar surface area (TPSA) is 52.6 Å². The zero-order valence-corrected chi connectivity index (χ0v) is 7.13. The molecule has 0 aromatic heterocycles. The zero-order valence-electron chi connectivity index (χ0n) is 7.13. The third-order valence-electron chi connectivity index (χ3n) is 1.44. The number of carbonyl (C=O) groups is 1. The molecule has 0 spiro atoms. The van der Waals surface area contributed by atoms with Crippen molar-refractivity contribution in [2.24, 2.45) is 0 Å². The molecule has 0 rings (SSSR count). The van der Waals surface area contributed by atoms with Gasteiger partial charge < -0.3 is 15.3 Å². The first-order valence-corrected chi connectivity index (χ1v) is 3.89. The number of hydrogen-bond donors (Lipinski definition) is 2. The molecule has 0 aliphatic carbocycles. The Morgan fingerprint density at radius 3 is 2.36 bits per heavy atom. The summed E-state index contributed by atoms with van der Waals surface area (Å²) in [5, 5.41) is 11.0. The molecule has 11 heavy (non-hydrogen) atoms. The molecule has 0 heterocycles. The van der Waals surface area contributed by atoms with Crippen molar-refractivity contribution >= 4 is 6.03 Å². The normalized spacial score (nSPS) is 9.36. The summed E-state index contributed by atoms with van der Waals surface area (Å²) in [6.45, 7) is 5.56. The van der Waals surface area contributed by atoms with Gasteiger partial charge >= 0.3 is 6.03 Å². The van der Waals surface area contributed by atoms with Gasteiger partial charge in [0, 0.05) is 19.6 Å². The van der Waals surface area contributed by atoms with Gasteiger partial charge in [-0.05, 0) is 13.8 Å². The molecular weight excluding hydrogens is 144 g/mol. The second-order valence-electron chi connectivity index (χ2n) is 2.13. The van der Waals surface area contributed by atoms with Crippen LogP contribution >= 0.6 is 0 Å². The highest BCUT2D eigenvalue weighted by Crippen LogP contribution is 1.86. The molecule has 0 unspecified atom stereocenters. The van der Waals surface area contributed by atoms with E-state index < -0.39 is 0 Å². The highest BCUT2D eigenvalue weighted by molar-refractivity contribution is 5.73. The Morgan fingerprint density at radius 2 is 2.00 bits per heavy atom. The summed E-state index contributed by atoms with van der Waals surface area (Å²) in [7, 11) is 0. The summed E-state index contributed by atoms with van der Waals surface area (Å²) < 4.78 is 0. The van der Waals surface area contributed by atoms with E-state index >= 15 is 0 Å². The van der Waals surface area contributed by atoms with Gasteiger partial charge in [0.2, 0.25) is 0 Å². The van der Waals surface area contributed by atoms with Crippen molar-refractivity contribution in [3.63, 3.8) is 0 Å². The number of carbonyl (C=O) groups excluding carboxylic acids is 1. The van der Waals surface area contributed by atoms with Crippen LogP contribution in [0.3, 0.4) is 0 Å². The second-order valence-corrected chi connectivity index (χ2v) is 2.13. The van der Waals surface area contributed by atoms with Crippen LogP contribution in [0.25, 0.3) is 0 Å². The molecule has 0 aromatic carbocycles. The number of aliphatic hydroxyl groups excluding tert-OH is 1. The Morgan fingerprint density at radius 1 is 1.45 bits per heavy atom. The average Bonchev–Trinajstić information content (AvgIpc) is 2.03. The fraction of sp³-hybridized carbons (Fsp3) is 0.857. The van der Waals surface area contributed by atoms with E-state index in [1.807, 2.05) is 13.8 Å². The van der Waals surface area contributed by atoms with E-state index in [2.05, 4.69) is 5.32 Å². The van der Waals surface area contributed by atoms with Gasteiger partial charge in [-0.1, -0.05) is 0 Å². The molecule has 0 saturated carbocycles. The zero-order chi connectivity index (χ0) is 8.69. The van der Waals surface area contributed by atoms with Crippen LogP contribution in [-0.4, -0.2) is 42.3 Å². The van der Waals surface area contributed by atoms with Crippen LogP contribution in [0.15, 0.2) is 0 Å². The Labute approximate surface area is 67.2 Å². The summed E-state index contributed by atoms with van der Waals surface area (Å²) in [6.07, 6.45) is 0. The molecule has 0 aromatic rings. The lowest BCUT2D eigenvalue weighted by atomic mass is 10.5. The lowest BCUT2D eigenvalue weighted by Gasteiger charge is -2.18. The SMILES string of the molecule is CCN(CC)C(=O)NCCO. The third kappa shape index (κ3) is 3.83. The maximum Gasteiger partial charge on any atom is 0.317 e. The lowest BCUT2D eigenvalue weighted by Crippen LogP contribution is -2.40. The molecule has 2 amide bonds. The van der Waals surface area contributed by atoms with E-state index in [0.717, 1.165) is 0 Å². The highest BCUT2D eigenvalue weighted by atomic mass is 16.3. The summed E-state index contributed by atoms with van der Waals surface area (Å²) in [4.78, 5) is 12.7. The number of rotatable bonds is 4. The van der Waals surface area contributed by atoms with Crippen molar-refractivity contribution in [3.8, 4) is 0 Å². The van der Waals surface area contributed by atoms with Gasteiger partial charge in [-0.3, -0.25) is 0 Å². The quantitative estimate of drug-likeness (QED) is 0.609. The van der Waals surface area contributed by atoms with Crippen LogP contribution in [0, 0.1) is 0 Å². The van der Waals surface area contributed by atoms with Crippen LogP contribution in [0.5, 0.6) is 0 Å². The number of nitrogens with zero attached hydrogens (tertiary/aromatic N) is 1. The molecule has 0 bridgehead atoms. The first-order valence-electron chi connectivity index (χ1n) is 3.89. The van der Waals surface area contributed by atoms with Gasteiger partial charge in [-0.25, -0.2) is 4.79 Å². The fourth-order valence-electron chi connectivity index (χ4n) is 0.785. The Kier molecular flexibility index (Phi) is 5.56. The van der Waals surface area contributed by atoms with E-state index in [4.69, 9.17) is 5.11 Å². The van der Waals surface area contributed by atoms with Crippen LogP contribution in [0.2, 0.25) is 0 Å². The number of amides is 2. The summed E-state index contributed by atoms with van der Waals surface area (Å²) in [6, 6.07) is -0.107. The van der Waals surface area contributed by atoms with Crippen LogP contribution in [0.1, 0.15) is 13.8 Å². The van der Waals surface area contributed by atoms with Crippen molar-refractivity contribution in [3.05, 3.63) is 0 Å². The van der Waals surface area contributed by atoms with Gasteiger partial charge in [0.15, 0.2) is 0 Å². The van der Waals surface area contributed by atoms with Gasteiger partial charge in [0.05, 0.1) is 6.61 Å². The van der Waals surface area contributed by atoms with Gasteiger partial charge in [-0.15, -0.1) is 0 Å². The molecule has 0 aliphatic rings. The molecule has 0 atom stereocenters. The standard InChI is InChI=1S/C7H16N2O2/c1-3-9(4-2)7(11)8-5-6-10/h10H,3-6H2,1-2H3,(H,8,11). The third-order valence-corrected chi connectivity index (χ3v) is 1.44. The van der Waals surface area contributed by atoms with Crippen LogP contribution in [0.4, 0.5) is 4.79 Å². The van der Waals surface area contributed by atoms with E-state index in [1.54, 1.807) is 4.90 Å². The predicted molar refractivity (Wildman–Crippen MR) is 43.4 cm³/mol. The van der Waals surface area contributed by atoms with E-state index in [1.165, 1.54) is 0 Å². The average molecular weight is 160 g/mol. The molecule has 0 aliphatic heterocycles. The van der Waals surface area contributed by atoms with Crippen molar-refractivity contribution in [2.75, 3.05) is 26.2 Å². The summed E-state index contributed by atoms with van der Waals surface area (Å²) in [5.74, 6) is 0. The number of nitrogens with one attached hydrogen (secondary N) is 1. The molecule has 4 heteroatoms. The Balaban J connectivity index is 3.61. The largest absolute Gasteiger partial charge is 0.395 e. The minimum Gasteiger partial charge on any atom is -0.395 e. The lowest BCUT2D eigenvalue weighted by molar-refractivity contribution is 0.198. The molecule has 0 fully saturated rings. The molecule has 2 N–H and O–H groups in total. The number of urea groups is 1. The molecule has 0 saturated heterocycles. The first kappa shape index (κ1) is 10.2. The summed E-state index contributed by atoms with van der Waals surface area (Å²) in [5.41, 5.74) is 0. The molecule has 0 radical (unpaired) electrons. The predicted octanol–water partition coefficient (Wildman–Crippen LogP) is 0.0301. The smallest absolute Gasteiger partial charge is 0.317 e. The van der Waals surface area contributed by atoms with Gasteiger partial charge in [-0.2, -0.15) is 0 Å². The highest BCUT2D eigenvalue weighted by Gasteiger charge is 2.06. The maximum absolute atomic E-state index is 11.1. The Bertz CT molecular complexity index is 113. The van der Waals surface area contributed by atoms with Crippen molar-refractivity contribution < 1.29 is 9.90 Å². The number of aliphatic hydroxyl groups is 1. The van der Waals surface area contributed by atoms with Gasteiger partial charge in [0.25, 0.3) is 0 Å². The van der Waals surface area contributed by atoms with Crippen molar-refractivity contribution in [1.82, 2.24) is 10.2 Å². The minimum atomic E-state index is -0.107. The van der Waals surface area contributed by atoms with Crippen molar-refractivity contribution in [2.45, 2.75) is 13.8 Å². The van der Waals surface area contributed by atoms with E-state index in [9.17, 15) is 4.79 Å². The van der Waals surface area contributed by atoms with E-state index in [0.29, 0.717) is 19.6 Å². The minimum absolute atomic E-state index is 0.00694. The van der Waals surface area contributed by atoms with Gasteiger partial charge in [0.1, 0.15) is 0 Å². The molecule has 66 valence electrons. The monoisotopic (exact) mass is 160 g/mol. The summed E-state index contributed by atoms with van der Waals surface area (Å²) >= 11 is 0. The molecule has 4 nitrogen and oxygen atoms in total. The molecular formula is C7H16N2O2. The number of hydrogen-bond acceptors (Lipinski definition) is 2. The second kappa shape index (κ2) is 5.97. The van der Waals surface area contributed by atoms with Crippen LogP contribution in [-0.2, 0) is 0 Å². The fourth-order valence-corrected chi connectivity index (χ4v) is 0.785. The first-order chi connectivity index (χ1) is 5.26. The van der Waals surface area contributed by atoms with Crippen molar-refractivity contribution in [1.29, 1.82) is 0 Å². The Hall–Kier alpha value is -0.770. The van der Waals surface area contributed by atoms with Crippen LogP contribution < -0.4 is 5.32 Å². The maximum atomic E-state index is 11.1.